The predicted octanol–water partition coefficient (Wildman–Crippen LogP) is 4.28. The minimum Gasteiger partial charge on any atom is -0.340 e. The maximum atomic E-state index is 13.9. The highest BCUT2D eigenvalue weighted by atomic mass is 32.2. The maximum Gasteiger partial charge on any atom is 0.261 e. The van der Waals surface area contributed by atoms with E-state index >= 15 is 0 Å². The molecule has 2 unspecified atom stereocenters. The first-order valence-corrected chi connectivity index (χ1v) is 12.7. The number of carbonyl (C=O) groups excluding carboxylic acids is 2. The zero-order chi connectivity index (χ0) is 23.6. The summed E-state index contributed by atoms with van der Waals surface area (Å²) < 4.78 is 0. The average molecular weight is 472 g/mol. The van der Waals surface area contributed by atoms with Crippen molar-refractivity contribution in [2.24, 2.45) is 0 Å². The Bertz CT molecular complexity index is 1310. The fourth-order valence-electron chi connectivity index (χ4n) is 5.21. The highest BCUT2D eigenvalue weighted by Crippen LogP contribution is 2.46. The van der Waals surface area contributed by atoms with Crippen LogP contribution in [0.2, 0.25) is 0 Å². The number of likely N-dealkylation sites (N-methyl/N-ethyl adjacent to an activating group) is 1. The van der Waals surface area contributed by atoms with Crippen molar-refractivity contribution in [3.63, 3.8) is 0 Å². The summed E-state index contributed by atoms with van der Waals surface area (Å²) in [6.07, 6.45) is 7.65. The van der Waals surface area contributed by atoms with Gasteiger partial charge in [0.2, 0.25) is 5.91 Å². The molecule has 2 amide bonds. The molecule has 3 aliphatic rings. The van der Waals surface area contributed by atoms with Gasteiger partial charge in [0.15, 0.2) is 5.82 Å². The van der Waals surface area contributed by atoms with Gasteiger partial charge < -0.3 is 9.80 Å². The van der Waals surface area contributed by atoms with Crippen LogP contribution in [0.5, 0.6) is 0 Å². The molecule has 8 heteroatoms. The van der Waals surface area contributed by atoms with Gasteiger partial charge >= 0.3 is 0 Å². The van der Waals surface area contributed by atoms with Crippen molar-refractivity contribution < 1.29 is 9.59 Å². The van der Waals surface area contributed by atoms with Crippen LogP contribution in [0.1, 0.15) is 47.3 Å². The topological polar surface area (TPSA) is 69.6 Å². The van der Waals surface area contributed by atoms with Crippen LogP contribution in [-0.4, -0.2) is 47.2 Å². The van der Waals surface area contributed by atoms with Gasteiger partial charge in [-0.05, 0) is 61.4 Å². The molecule has 2 atom stereocenters. The molecule has 34 heavy (non-hydrogen) atoms. The van der Waals surface area contributed by atoms with E-state index in [1.807, 2.05) is 61.8 Å². The van der Waals surface area contributed by atoms with E-state index in [0.29, 0.717) is 11.9 Å². The smallest absolute Gasteiger partial charge is 0.261 e. The Morgan fingerprint density at radius 3 is 2.59 bits per heavy atom. The number of amides is 2. The van der Waals surface area contributed by atoms with E-state index in [2.05, 4.69) is 9.88 Å². The van der Waals surface area contributed by atoms with Crippen LogP contribution in [0, 0.1) is 0 Å². The van der Waals surface area contributed by atoms with Crippen LogP contribution >= 0.6 is 11.8 Å². The average Bonchev–Trinajstić information content (AvgIpc) is 3.65. The Labute approximate surface area is 202 Å². The number of fused-ring (bicyclic) bond motifs is 2. The van der Waals surface area contributed by atoms with Gasteiger partial charge in [-0.1, -0.05) is 18.2 Å². The first-order valence-electron chi connectivity index (χ1n) is 11.5. The van der Waals surface area contributed by atoms with Crippen LogP contribution in [-0.2, 0) is 4.79 Å². The third-order valence-corrected chi connectivity index (χ3v) is 7.78. The minimum atomic E-state index is -0.316. The summed E-state index contributed by atoms with van der Waals surface area (Å²) in [7, 11) is 1.79. The number of hydrogen-bond acceptors (Lipinski definition) is 6. The molecule has 172 valence electrons. The molecule has 1 aromatic carbocycles. The Kier molecular flexibility index (Phi) is 4.88. The van der Waals surface area contributed by atoms with Crippen LogP contribution in [0.3, 0.4) is 0 Å². The molecule has 1 saturated carbocycles. The quantitative estimate of drug-likeness (QED) is 0.529. The number of anilines is 3. The molecule has 4 heterocycles. The molecule has 1 fully saturated rings. The zero-order valence-corrected chi connectivity index (χ0v) is 20.1. The van der Waals surface area contributed by atoms with Gasteiger partial charge in [-0.3, -0.25) is 19.5 Å². The monoisotopic (exact) mass is 471 g/mol. The normalized spacial score (nSPS) is 21.7. The molecular formula is C26H25N5O2S. The second-order valence-corrected chi connectivity index (χ2v) is 9.86. The molecule has 6 rings (SSSR count). The fraction of sp³-hybridized carbons (Fsp3) is 0.308. The number of rotatable bonds is 4. The second-order valence-electron chi connectivity index (χ2n) is 9.01. The van der Waals surface area contributed by atoms with Crippen LogP contribution in [0.25, 0.3) is 0 Å². The van der Waals surface area contributed by atoms with Gasteiger partial charge in [-0.25, -0.2) is 4.98 Å². The Balaban J connectivity index is 1.53. The van der Waals surface area contributed by atoms with E-state index in [1.165, 1.54) is 0 Å². The number of hydrogen-bond donors (Lipinski definition) is 0. The SMILES string of the molecule is CSc1cccc2c1C(=O)N(c1ccc3c(n1)N(C1CC1)C(C)C(=O)N3C)C2c1cccnc1. The van der Waals surface area contributed by atoms with Crippen LogP contribution < -0.4 is 14.7 Å². The Hall–Kier alpha value is -3.39. The number of nitrogens with zero attached hydrogens (tertiary/aromatic N) is 5. The van der Waals surface area contributed by atoms with E-state index in [4.69, 9.17) is 4.98 Å². The van der Waals surface area contributed by atoms with Gasteiger partial charge in [0, 0.05) is 30.4 Å². The van der Waals surface area contributed by atoms with Gasteiger partial charge in [0.25, 0.3) is 5.91 Å². The molecule has 0 N–H and O–H groups in total. The molecule has 2 aromatic heterocycles. The van der Waals surface area contributed by atoms with Gasteiger partial charge in [0.05, 0.1) is 17.3 Å². The maximum absolute atomic E-state index is 13.9. The summed E-state index contributed by atoms with van der Waals surface area (Å²) >= 11 is 1.57. The molecule has 1 aliphatic carbocycles. The number of aromatic nitrogens is 2. The van der Waals surface area contributed by atoms with Gasteiger partial charge in [-0.2, -0.15) is 0 Å². The van der Waals surface area contributed by atoms with Crippen molar-refractivity contribution in [1.29, 1.82) is 0 Å². The molecule has 0 radical (unpaired) electrons. The Morgan fingerprint density at radius 1 is 1.06 bits per heavy atom. The summed E-state index contributed by atoms with van der Waals surface area (Å²) in [6, 6.07) is 13.4. The molecule has 7 nitrogen and oxygen atoms in total. The molecule has 0 bridgehead atoms. The van der Waals surface area contributed by atoms with Crippen molar-refractivity contribution >= 4 is 40.9 Å². The van der Waals surface area contributed by atoms with Crippen molar-refractivity contribution in [2.45, 2.75) is 42.8 Å². The van der Waals surface area contributed by atoms with Crippen molar-refractivity contribution in [2.75, 3.05) is 28.0 Å². The van der Waals surface area contributed by atoms with E-state index in [9.17, 15) is 9.59 Å². The predicted molar refractivity (Wildman–Crippen MR) is 134 cm³/mol. The van der Waals surface area contributed by atoms with Crippen LogP contribution in [0.15, 0.2) is 59.8 Å². The fourth-order valence-corrected chi connectivity index (χ4v) is 5.84. The third-order valence-electron chi connectivity index (χ3n) is 7.00. The van der Waals surface area contributed by atoms with E-state index < -0.39 is 0 Å². The first-order chi connectivity index (χ1) is 16.5. The number of thioether (sulfide) groups is 1. The standard InChI is InChI=1S/C26H25N5O2S/c1-15-25(32)29(2)19-11-12-21(28-24(19)30(15)17-9-10-17)31-23(16-6-5-13-27-14-16)18-7-4-8-20(34-3)22(18)26(31)33/h4-8,11-15,17,23H,9-10H2,1-3H3. The molecular weight excluding hydrogens is 446 g/mol. The summed E-state index contributed by atoms with van der Waals surface area (Å²) in [5, 5.41) is 0. The van der Waals surface area contributed by atoms with Gasteiger partial charge in [-0.15, -0.1) is 11.8 Å². The van der Waals surface area contributed by atoms with Crippen molar-refractivity contribution in [3.05, 3.63) is 71.5 Å². The minimum absolute atomic E-state index is 0.0625. The number of carbonyl (C=O) groups is 2. The number of benzene rings is 1. The largest absolute Gasteiger partial charge is 0.340 e. The van der Waals surface area contributed by atoms with E-state index in [-0.39, 0.29) is 23.9 Å². The van der Waals surface area contributed by atoms with E-state index in [1.54, 1.807) is 34.8 Å². The lowest BCUT2D eigenvalue weighted by Gasteiger charge is -2.40. The summed E-state index contributed by atoms with van der Waals surface area (Å²) in [4.78, 5) is 42.7. The highest BCUT2D eigenvalue weighted by molar-refractivity contribution is 7.98. The van der Waals surface area contributed by atoms with Crippen molar-refractivity contribution in [1.82, 2.24) is 9.97 Å². The summed E-state index contributed by atoms with van der Waals surface area (Å²) in [6.45, 7) is 1.94. The lowest BCUT2D eigenvalue weighted by molar-refractivity contribution is -0.119. The summed E-state index contributed by atoms with van der Waals surface area (Å²) in [5.74, 6) is 1.36. The van der Waals surface area contributed by atoms with Crippen molar-refractivity contribution in [3.8, 4) is 0 Å². The van der Waals surface area contributed by atoms with Gasteiger partial charge in [0.1, 0.15) is 11.9 Å². The number of pyridine rings is 2. The molecule has 0 spiro atoms. The van der Waals surface area contributed by atoms with Crippen LogP contribution in [0.4, 0.5) is 17.3 Å². The molecule has 0 saturated heterocycles. The molecule has 3 aromatic rings. The zero-order valence-electron chi connectivity index (χ0n) is 19.3. The lowest BCUT2D eigenvalue weighted by atomic mass is 9.99. The molecule has 2 aliphatic heterocycles. The second kappa shape index (κ2) is 7.84. The lowest BCUT2D eigenvalue weighted by Crippen LogP contribution is -2.52. The highest BCUT2D eigenvalue weighted by Gasteiger charge is 2.45. The third kappa shape index (κ3) is 3.05. The Morgan fingerprint density at radius 2 is 1.88 bits per heavy atom. The summed E-state index contributed by atoms with van der Waals surface area (Å²) in [5.41, 5.74) is 3.41. The first kappa shape index (κ1) is 21.2. The van der Waals surface area contributed by atoms with E-state index in [0.717, 1.165) is 45.9 Å².